The third-order valence-electron chi connectivity index (χ3n) is 4.58. The summed E-state index contributed by atoms with van der Waals surface area (Å²) in [5.74, 6) is -0.407. The molecule has 1 aliphatic rings. The maximum absolute atomic E-state index is 12.6. The van der Waals surface area contributed by atoms with E-state index in [1.165, 1.54) is 5.69 Å². The highest BCUT2D eigenvalue weighted by atomic mass is 16.5. The summed E-state index contributed by atoms with van der Waals surface area (Å²) < 4.78 is 4.69. The van der Waals surface area contributed by atoms with Gasteiger partial charge in [-0.3, -0.25) is 14.9 Å². The molecule has 1 aromatic carbocycles. The van der Waals surface area contributed by atoms with Gasteiger partial charge >= 0.3 is 6.09 Å². The number of hydrogen-bond donors (Lipinski definition) is 2. The first-order chi connectivity index (χ1) is 13.0. The lowest BCUT2D eigenvalue weighted by Gasteiger charge is -2.36. The van der Waals surface area contributed by atoms with E-state index in [1.807, 2.05) is 30.0 Å². The van der Waals surface area contributed by atoms with Gasteiger partial charge < -0.3 is 19.4 Å². The van der Waals surface area contributed by atoms with Gasteiger partial charge in [0.15, 0.2) is 13.1 Å². The number of amides is 3. The predicted molar refractivity (Wildman–Crippen MR) is 102 cm³/mol. The molecule has 1 aliphatic heterocycles. The lowest BCUT2D eigenvalue weighted by Crippen LogP contribution is -3.14. The topological polar surface area (TPSA) is 83.4 Å². The Labute approximate surface area is 160 Å². The second kappa shape index (κ2) is 10.5. The van der Waals surface area contributed by atoms with Crippen molar-refractivity contribution in [3.05, 3.63) is 30.3 Å². The maximum atomic E-state index is 12.6. The zero-order chi connectivity index (χ0) is 19.6. The monoisotopic (exact) mass is 377 g/mol. The van der Waals surface area contributed by atoms with Crippen LogP contribution in [0.2, 0.25) is 0 Å². The molecule has 27 heavy (non-hydrogen) atoms. The number of nitrogens with zero attached hydrogens (tertiary/aromatic N) is 2. The Morgan fingerprint density at radius 3 is 2.30 bits per heavy atom. The Kier molecular flexibility index (Phi) is 8.06. The summed E-state index contributed by atoms with van der Waals surface area (Å²) in [5, 5.41) is 2.17. The van der Waals surface area contributed by atoms with E-state index < -0.39 is 12.0 Å². The fraction of sp³-hybridized carbons (Fsp3) is 0.526. The molecule has 2 N–H and O–H groups in total. The van der Waals surface area contributed by atoms with Gasteiger partial charge in [-0.15, -0.1) is 0 Å². The number of carbonyl (C=O) groups is 3. The van der Waals surface area contributed by atoms with Gasteiger partial charge in [-0.1, -0.05) is 18.2 Å². The first-order valence-electron chi connectivity index (χ1n) is 9.41. The molecule has 0 aliphatic carbocycles. The highest BCUT2D eigenvalue weighted by molar-refractivity contribution is 5.92. The summed E-state index contributed by atoms with van der Waals surface area (Å²) >= 11 is 0. The fourth-order valence-electron chi connectivity index (χ4n) is 3.04. The average molecular weight is 377 g/mol. The summed E-state index contributed by atoms with van der Waals surface area (Å²) in [6.45, 7) is 7.62. The molecule has 0 saturated carbocycles. The first-order valence-corrected chi connectivity index (χ1v) is 9.41. The van der Waals surface area contributed by atoms with Gasteiger partial charge in [0.1, 0.15) is 0 Å². The van der Waals surface area contributed by atoms with Crippen molar-refractivity contribution in [3.8, 4) is 0 Å². The van der Waals surface area contributed by atoms with Crippen molar-refractivity contribution in [2.45, 2.75) is 13.8 Å². The second-order valence-electron chi connectivity index (χ2n) is 6.43. The SMILES string of the molecule is CCOC(=O)NC(=O)C[NH+](CC)CC(=O)N1CCN(c2ccccc2)CC1. The van der Waals surface area contributed by atoms with Crippen LogP contribution in [0, 0.1) is 0 Å². The summed E-state index contributed by atoms with van der Waals surface area (Å²) in [6.07, 6.45) is -0.749. The van der Waals surface area contributed by atoms with Crippen LogP contribution in [-0.4, -0.2) is 75.2 Å². The zero-order valence-corrected chi connectivity index (χ0v) is 16.1. The predicted octanol–water partition coefficient (Wildman–Crippen LogP) is -0.487. The highest BCUT2D eigenvalue weighted by Gasteiger charge is 2.25. The van der Waals surface area contributed by atoms with E-state index in [-0.39, 0.29) is 25.6 Å². The second-order valence-corrected chi connectivity index (χ2v) is 6.43. The van der Waals surface area contributed by atoms with Crippen molar-refractivity contribution < 1.29 is 24.0 Å². The molecule has 0 bridgehead atoms. The van der Waals surface area contributed by atoms with Gasteiger partial charge in [0.05, 0.1) is 13.2 Å². The number of piperazine rings is 1. The molecular weight excluding hydrogens is 348 g/mol. The van der Waals surface area contributed by atoms with Crippen LogP contribution in [0.1, 0.15) is 13.8 Å². The summed E-state index contributed by atoms with van der Waals surface area (Å²) in [4.78, 5) is 40.7. The number of ether oxygens (including phenoxy) is 1. The lowest BCUT2D eigenvalue weighted by atomic mass is 10.2. The summed E-state index contributed by atoms with van der Waals surface area (Å²) in [6, 6.07) is 10.2. The Balaban J connectivity index is 1.78. The fourth-order valence-corrected chi connectivity index (χ4v) is 3.04. The van der Waals surface area contributed by atoms with E-state index in [9.17, 15) is 14.4 Å². The van der Waals surface area contributed by atoms with Crippen LogP contribution in [0.5, 0.6) is 0 Å². The number of hydrogen-bond acceptors (Lipinski definition) is 5. The Morgan fingerprint density at radius 1 is 1.04 bits per heavy atom. The molecule has 3 amide bonds. The summed E-state index contributed by atoms with van der Waals surface area (Å²) in [5.41, 5.74) is 1.17. The molecule has 8 heteroatoms. The molecule has 1 fully saturated rings. The maximum Gasteiger partial charge on any atom is 0.414 e. The third-order valence-corrected chi connectivity index (χ3v) is 4.58. The zero-order valence-electron chi connectivity index (χ0n) is 16.1. The van der Waals surface area contributed by atoms with Gasteiger partial charge in [0.2, 0.25) is 0 Å². The highest BCUT2D eigenvalue weighted by Crippen LogP contribution is 2.15. The van der Waals surface area contributed by atoms with E-state index in [0.717, 1.165) is 18.0 Å². The number of carbonyl (C=O) groups excluding carboxylic acids is 3. The molecule has 1 saturated heterocycles. The van der Waals surface area contributed by atoms with E-state index in [1.54, 1.807) is 6.92 Å². The Bertz CT molecular complexity index is 630. The number of likely N-dealkylation sites (N-methyl/N-ethyl adjacent to an activating group) is 1. The van der Waals surface area contributed by atoms with Crippen LogP contribution < -0.4 is 15.1 Å². The number of alkyl carbamates (subject to hydrolysis) is 1. The minimum atomic E-state index is -0.749. The number of nitrogens with one attached hydrogen (secondary N) is 2. The van der Waals surface area contributed by atoms with Crippen molar-refractivity contribution in [1.82, 2.24) is 10.2 Å². The first kappa shape index (κ1) is 20.7. The van der Waals surface area contributed by atoms with E-state index in [2.05, 4.69) is 22.3 Å². The number of para-hydroxylation sites is 1. The lowest BCUT2D eigenvalue weighted by molar-refractivity contribution is -0.882. The molecule has 0 aromatic heterocycles. The molecule has 1 unspecified atom stereocenters. The van der Waals surface area contributed by atoms with Gasteiger partial charge in [-0.05, 0) is 26.0 Å². The van der Waals surface area contributed by atoms with Crippen molar-refractivity contribution >= 4 is 23.6 Å². The van der Waals surface area contributed by atoms with Gasteiger partial charge in [-0.2, -0.15) is 0 Å². The molecule has 148 valence electrons. The van der Waals surface area contributed by atoms with Gasteiger partial charge in [0, 0.05) is 31.9 Å². The molecular formula is C19H29N4O4+. The number of imide groups is 1. The number of quaternary nitrogens is 1. The van der Waals surface area contributed by atoms with Crippen LogP contribution in [0.25, 0.3) is 0 Å². The van der Waals surface area contributed by atoms with Crippen molar-refractivity contribution in [1.29, 1.82) is 0 Å². The van der Waals surface area contributed by atoms with Gasteiger partial charge in [0.25, 0.3) is 11.8 Å². The molecule has 1 heterocycles. The molecule has 0 spiro atoms. The van der Waals surface area contributed by atoms with Crippen LogP contribution in [0.3, 0.4) is 0 Å². The summed E-state index contributed by atoms with van der Waals surface area (Å²) in [7, 11) is 0. The molecule has 2 rings (SSSR count). The minimum absolute atomic E-state index is 0.0310. The van der Waals surface area contributed by atoms with Crippen molar-refractivity contribution in [3.63, 3.8) is 0 Å². The molecule has 8 nitrogen and oxygen atoms in total. The van der Waals surface area contributed by atoms with Crippen molar-refractivity contribution in [2.24, 2.45) is 0 Å². The van der Waals surface area contributed by atoms with Crippen LogP contribution in [0.4, 0.5) is 10.5 Å². The minimum Gasteiger partial charge on any atom is -0.450 e. The number of anilines is 1. The van der Waals surface area contributed by atoms with Crippen molar-refractivity contribution in [2.75, 3.05) is 57.3 Å². The van der Waals surface area contributed by atoms with Gasteiger partial charge in [-0.25, -0.2) is 4.79 Å². The van der Waals surface area contributed by atoms with E-state index in [0.29, 0.717) is 19.6 Å². The third kappa shape index (κ3) is 6.56. The average Bonchev–Trinajstić information content (AvgIpc) is 2.68. The standard InChI is InChI=1S/C19H28N4O4/c1-3-21(14-17(24)20-19(26)27-4-2)15-18(25)23-12-10-22(11-13-23)16-8-6-5-7-9-16/h5-9H,3-4,10-15H2,1-2H3,(H,20,24,26)/p+1. The van der Waals surface area contributed by atoms with E-state index >= 15 is 0 Å². The molecule has 1 atom stereocenters. The molecule has 1 aromatic rings. The quantitative estimate of drug-likeness (QED) is 0.670. The normalized spacial score (nSPS) is 15.2. The largest absolute Gasteiger partial charge is 0.450 e. The number of benzene rings is 1. The van der Waals surface area contributed by atoms with E-state index in [4.69, 9.17) is 4.74 Å². The Morgan fingerprint density at radius 2 is 1.70 bits per heavy atom. The molecule has 0 radical (unpaired) electrons. The van der Waals surface area contributed by atoms with Crippen LogP contribution >= 0.6 is 0 Å². The number of rotatable bonds is 7. The van der Waals surface area contributed by atoms with Crippen LogP contribution in [-0.2, 0) is 14.3 Å². The Hall–Kier alpha value is -2.61. The smallest absolute Gasteiger partial charge is 0.414 e. The van der Waals surface area contributed by atoms with Crippen LogP contribution in [0.15, 0.2) is 30.3 Å².